The average molecular weight is 431 g/mol. The zero-order valence-corrected chi connectivity index (χ0v) is 18.4. The Morgan fingerprint density at radius 2 is 1.42 bits per heavy atom. The first-order chi connectivity index (χ1) is 15.2. The number of hydrogen-bond acceptors (Lipinski definition) is 4. The molecule has 0 aliphatic heterocycles. The summed E-state index contributed by atoms with van der Waals surface area (Å²) in [6, 6.07) is 27.9. The van der Waals surface area contributed by atoms with Gasteiger partial charge in [-0.25, -0.2) is 0 Å². The highest BCUT2D eigenvalue weighted by atomic mass is 32.2. The van der Waals surface area contributed by atoms with Gasteiger partial charge in [-0.15, -0.1) is 0 Å². The third kappa shape index (κ3) is 7.73. The highest BCUT2D eigenvalue weighted by Crippen LogP contribution is 2.32. The lowest BCUT2D eigenvalue weighted by Crippen LogP contribution is -2.31. The van der Waals surface area contributed by atoms with Gasteiger partial charge in [0.2, 0.25) is 0 Å². The number of aryl methyl sites for hydroxylation is 1. The first kappa shape index (κ1) is 22.8. The van der Waals surface area contributed by atoms with Gasteiger partial charge in [0.25, 0.3) is 0 Å². The predicted octanol–water partition coefficient (Wildman–Crippen LogP) is 5.46. The Morgan fingerprint density at radius 1 is 0.839 bits per heavy atom. The second kappa shape index (κ2) is 12.1. The van der Waals surface area contributed by atoms with E-state index in [1.54, 1.807) is 0 Å². The van der Waals surface area contributed by atoms with E-state index in [-0.39, 0.29) is 13.2 Å². The van der Waals surface area contributed by atoms with E-state index >= 15 is 0 Å². The highest BCUT2D eigenvalue weighted by molar-refractivity contribution is 8.01. The summed E-state index contributed by atoms with van der Waals surface area (Å²) in [6.07, 6.45) is 0.882. The maximum Gasteiger partial charge on any atom is 0.159 e. The van der Waals surface area contributed by atoms with Gasteiger partial charge >= 0.3 is 0 Å². The van der Waals surface area contributed by atoms with Gasteiger partial charge in [0, 0.05) is 4.90 Å². The third-order valence-corrected chi connectivity index (χ3v) is 5.71. The number of thioether (sulfide) groups is 1. The van der Waals surface area contributed by atoms with Gasteiger partial charge in [0.1, 0.15) is 6.61 Å². The monoisotopic (exact) mass is 430 g/mol. The molecule has 0 N–H and O–H groups in total. The summed E-state index contributed by atoms with van der Waals surface area (Å²) in [5.41, 5.74) is 3.31. The molecule has 3 aromatic rings. The molecule has 0 fully saturated rings. The van der Waals surface area contributed by atoms with Crippen molar-refractivity contribution < 1.29 is 14.3 Å². The van der Waals surface area contributed by atoms with Crippen molar-refractivity contribution in [2.45, 2.75) is 29.8 Å². The van der Waals surface area contributed by atoms with Crippen LogP contribution >= 0.6 is 11.8 Å². The normalized spacial score (nSPS) is 12.4. The first-order valence-electron chi connectivity index (χ1n) is 10.1. The molecule has 0 radical (unpaired) electrons. The fourth-order valence-corrected chi connectivity index (χ4v) is 3.88. The van der Waals surface area contributed by atoms with Gasteiger partial charge in [-0.3, -0.25) is 0 Å². The quantitative estimate of drug-likeness (QED) is 0.185. The van der Waals surface area contributed by atoms with E-state index in [9.17, 15) is 4.79 Å². The van der Waals surface area contributed by atoms with E-state index in [0.29, 0.717) is 13.2 Å². The van der Waals surface area contributed by atoms with Crippen LogP contribution in [0.4, 0.5) is 0 Å². The number of ether oxygens (including phenoxy) is 2. The molecule has 1 atom stereocenters. The van der Waals surface area contributed by atoms with Crippen molar-refractivity contribution in [3.63, 3.8) is 0 Å². The summed E-state index contributed by atoms with van der Waals surface area (Å²) < 4.78 is 10.6. The van der Waals surface area contributed by atoms with Crippen LogP contribution in [0, 0.1) is 18.8 Å². The maximum atomic E-state index is 12.2. The van der Waals surface area contributed by atoms with Crippen LogP contribution in [0.3, 0.4) is 0 Å². The van der Waals surface area contributed by atoms with E-state index in [2.05, 4.69) is 11.8 Å². The van der Waals surface area contributed by atoms with Gasteiger partial charge in [0.05, 0.1) is 19.8 Å². The zero-order chi connectivity index (χ0) is 21.8. The number of carbonyl (C=O) groups is 1. The molecule has 158 valence electrons. The smallest absolute Gasteiger partial charge is 0.159 e. The zero-order valence-electron chi connectivity index (χ0n) is 17.6. The predicted molar refractivity (Wildman–Crippen MR) is 126 cm³/mol. The number of aldehydes is 1. The van der Waals surface area contributed by atoms with Crippen LogP contribution < -0.4 is 0 Å². The first-order valence-corrected chi connectivity index (χ1v) is 11.0. The summed E-state index contributed by atoms with van der Waals surface area (Å²) in [6.45, 7) is 3.39. The van der Waals surface area contributed by atoms with Crippen molar-refractivity contribution in [1.29, 1.82) is 0 Å². The summed E-state index contributed by atoms with van der Waals surface area (Å²) in [5, 5.41) is 0. The molecule has 0 amide bonds. The summed E-state index contributed by atoms with van der Waals surface area (Å²) in [4.78, 5) is 13.2. The second-order valence-electron chi connectivity index (χ2n) is 7.18. The van der Waals surface area contributed by atoms with E-state index in [1.807, 2.05) is 91.9 Å². The largest absolute Gasteiger partial charge is 0.374 e. The van der Waals surface area contributed by atoms with Crippen molar-refractivity contribution >= 4 is 18.0 Å². The molecule has 0 saturated carbocycles. The van der Waals surface area contributed by atoms with Crippen molar-refractivity contribution in [1.82, 2.24) is 0 Å². The molecule has 3 rings (SSSR count). The molecular formula is C27H26O3S. The Balaban J connectivity index is 1.66. The molecule has 0 saturated heterocycles. The van der Waals surface area contributed by atoms with Crippen LogP contribution in [0.5, 0.6) is 0 Å². The Labute approximate surface area is 188 Å². The van der Waals surface area contributed by atoms with E-state index < -0.39 is 4.75 Å². The summed E-state index contributed by atoms with van der Waals surface area (Å²) in [5.74, 6) is 6.14. The van der Waals surface area contributed by atoms with Crippen LogP contribution in [0.2, 0.25) is 0 Å². The topological polar surface area (TPSA) is 35.5 Å². The summed E-state index contributed by atoms with van der Waals surface area (Å²) >= 11 is 1.41. The summed E-state index contributed by atoms with van der Waals surface area (Å²) in [7, 11) is 0. The SMILES string of the molecule is Cc1ccc(SC(C#CCOCc2ccccc2)(C=O)COCc2ccccc2)cc1. The molecule has 31 heavy (non-hydrogen) atoms. The Hall–Kier alpha value is -2.84. The van der Waals surface area contributed by atoms with Crippen molar-refractivity contribution in [2.24, 2.45) is 0 Å². The van der Waals surface area contributed by atoms with E-state index in [0.717, 1.165) is 22.3 Å². The standard InChI is InChI=1S/C27H26O3S/c1-23-13-15-26(16-14-23)31-27(21-28,22-30-20-25-11-6-3-7-12-25)17-8-18-29-19-24-9-4-2-5-10-24/h2-7,9-16,21H,18-20,22H2,1H3. The van der Waals surface area contributed by atoms with E-state index in [1.165, 1.54) is 17.3 Å². The lowest BCUT2D eigenvalue weighted by molar-refractivity contribution is -0.110. The van der Waals surface area contributed by atoms with Crippen molar-refractivity contribution in [3.05, 3.63) is 102 Å². The van der Waals surface area contributed by atoms with Crippen molar-refractivity contribution in [2.75, 3.05) is 13.2 Å². The van der Waals surface area contributed by atoms with Crippen LogP contribution in [0.25, 0.3) is 0 Å². The third-order valence-electron chi connectivity index (χ3n) is 4.53. The minimum atomic E-state index is -1.000. The second-order valence-corrected chi connectivity index (χ2v) is 8.59. The van der Waals surface area contributed by atoms with Gasteiger partial charge < -0.3 is 14.3 Å². The minimum Gasteiger partial charge on any atom is -0.374 e. The fraction of sp³-hybridized carbons (Fsp3) is 0.222. The molecule has 0 aliphatic carbocycles. The van der Waals surface area contributed by atoms with Gasteiger partial charge in [-0.05, 0) is 30.2 Å². The molecule has 4 heteroatoms. The number of rotatable bonds is 10. The Bertz CT molecular complexity index is 991. The molecule has 0 bridgehead atoms. The Morgan fingerprint density at radius 3 is 2.00 bits per heavy atom. The molecule has 0 aliphatic rings. The van der Waals surface area contributed by atoms with Gasteiger partial charge in [-0.1, -0.05) is 102 Å². The minimum absolute atomic E-state index is 0.190. The van der Waals surface area contributed by atoms with Crippen LogP contribution in [0.1, 0.15) is 16.7 Å². The number of carbonyl (C=O) groups excluding carboxylic acids is 1. The van der Waals surface area contributed by atoms with E-state index in [4.69, 9.17) is 9.47 Å². The molecule has 0 aromatic heterocycles. The average Bonchev–Trinajstić information content (AvgIpc) is 2.81. The molecule has 3 aromatic carbocycles. The van der Waals surface area contributed by atoms with Crippen LogP contribution in [-0.2, 0) is 27.5 Å². The molecular weight excluding hydrogens is 404 g/mol. The van der Waals surface area contributed by atoms with Crippen LogP contribution in [-0.4, -0.2) is 24.2 Å². The fourth-order valence-electron chi connectivity index (χ4n) is 2.87. The highest BCUT2D eigenvalue weighted by Gasteiger charge is 2.30. The van der Waals surface area contributed by atoms with Gasteiger partial charge in [-0.2, -0.15) is 0 Å². The lowest BCUT2D eigenvalue weighted by atomic mass is 10.2. The molecule has 0 spiro atoms. The number of benzene rings is 3. The van der Waals surface area contributed by atoms with Crippen LogP contribution in [0.15, 0.2) is 89.8 Å². The molecule has 3 nitrogen and oxygen atoms in total. The van der Waals surface area contributed by atoms with Crippen molar-refractivity contribution in [3.8, 4) is 11.8 Å². The Kier molecular flexibility index (Phi) is 8.93. The van der Waals surface area contributed by atoms with Gasteiger partial charge in [0.15, 0.2) is 11.0 Å². The molecule has 1 unspecified atom stereocenters. The lowest BCUT2D eigenvalue weighted by Gasteiger charge is -2.22. The molecule has 0 heterocycles. The number of hydrogen-bond donors (Lipinski definition) is 0. The maximum absolute atomic E-state index is 12.2.